The number of hydrogen-bond acceptors (Lipinski definition) is 3. The second-order valence-corrected chi connectivity index (χ2v) is 5.39. The number of carbonyl (C=O) groups is 1. The minimum atomic E-state index is -0.913. The van der Waals surface area contributed by atoms with Crippen LogP contribution in [-0.2, 0) is 4.79 Å². The largest absolute Gasteiger partial charge is 0.478 e. The van der Waals surface area contributed by atoms with Crippen LogP contribution in [0.4, 0.5) is 5.69 Å². The Bertz CT molecular complexity index is 499. The quantitative estimate of drug-likeness (QED) is 0.859. The third-order valence-electron chi connectivity index (χ3n) is 3.70. The topological polar surface area (TPSA) is 43.8 Å². The summed E-state index contributed by atoms with van der Waals surface area (Å²) in [5, 5.41) is 8.80. The van der Waals surface area contributed by atoms with Gasteiger partial charge in [0.1, 0.15) is 0 Å². The SMILES string of the molecule is CC1CN(C)CCCN1c1ccccc1/C=C/C(=O)O. The predicted octanol–water partition coefficient (Wildman–Crippen LogP) is 2.31. The van der Waals surface area contributed by atoms with Gasteiger partial charge in [-0.3, -0.25) is 0 Å². The summed E-state index contributed by atoms with van der Waals surface area (Å²) in [6, 6.07) is 8.41. The van der Waals surface area contributed by atoms with E-state index in [9.17, 15) is 4.79 Å². The minimum absolute atomic E-state index is 0.418. The minimum Gasteiger partial charge on any atom is -0.478 e. The molecule has 0 amide bonds. The van der Waals surface area contributed by atoms with Crippen LogP contribution < -0.4 is 4.90 Å². The normalized spacial score (nSPS) is 21.1. The number of nitrogens with zero attached hydrogens (tertiary/aromatic N) is 2. The molecule has 0 aromatic heterocycles. The van der Waals surface area contributed by atoms with E-state index in [1.807, 2.05) is 18.2 Å². The number of hydrogen-bond donors (Lipinski definition) is 1. The van der Waals surface area contributed by atoms with Crippen molar-refractivity contribution in [2.24, 2.45) is 0 Å². The Morgan fingerprint density at radius 2 is 2.10 bits per heavy atom. The van der Waals surface area contributed by atoms with Crippen molar-refractivity contribution in [1.82, 2.24) is 4.90 Å². The number of anilines is 1. The first-order valence-corrected chi connectivity index (χ1v) is 7.03. The fraction of sp³-hybridized carbons (Fsp3) is 0.438. The molecule has 0 bridgehead atoms. The van der Waals surface area contributed by atoms with E-state index in [1.54, 1.807) is 6.08 Å². The molecule has 1 heterocycles. The molecule has 1 N–H and O–H groups in total. The Kier molecular flexibility index (Phi) is 4.79. The van der Waals surface area contributed by atoms with Gasteiger partial charge in [-0.2, -0.15) is 0 Å². The molecule has 4 heteroatoms. The molecular weight excluding hydrogens is 252 g/mol. The molecular formula is C16H22N2O2. The molecule has 20 heavy (non-hydrogen) atoms. The van der Waals surface area contributed by atoms with Gasteiger partial charge >= 0.3 is 5.97 Å². The van der Waals surface area contributed by atoms with Crippen LogP contribution in [0.15, 0.2) is 30.3 Å². The molecule has 1 fully saturated rings. The second-order valence-electron chi connectivity index (χ2n) is 5.39. The van der Waals surface area contributed by atoms with E-state index >= 15 is 0 Å². The number of aliphatic carboxylic acids is 1. The maximum atomic E-state index is 10.7. The molecule has 0 saturated carbocycles. The standard InChI is InChI=1S/C16H22N2O2/c1-13-12-17(2)10-5-11-18(13)15-7-4-3-6-14(15)8-9-16(19)20/h3-4,6-9,13H,5,10-12H2,1-2H3,(H,19,20)/b9-8+. The van der Waals surface area contributed by atoms with Crippen molar-refractivity contribution in [2.75, 3.05) is 31.6 Å². The van der Waals surface area contributed by atoms with E-state index in [4.69, 9.17) is 5.11 Å². The van der Waals surface area contributed by atoms with Crippen molar-refractivity contribution in [3.63, 3.8) is 0 Å². The van der Waals surface area contributed by atoms with E-state index in [2.05, 4.69) is 29.8 Å². The first-order chi connectivity index (χ1) is 9.58. The van der Waals surface area contributed by atoms with Crippen LogP contribution in [0.1, 0.15) is 18.9 Å². The second kappa shape index (κ2) is 6.57. The van der Waals surface area contributed by atoms with Crippen LogP contribution in [-0.4, -0.2) is 48.7 Å². The number of rotatable bonds is 3. The molecule has 2 rings (SSSR count). The Labute approximate surface area is 120 Å². The summed E-state index contributed by atoms with van der Waals surface area (Å²) in [6.07, 6.45) is 4.00. The van der Waals surface area contributed by atoms with Crippen LogP contribution in [0.2, 0.25) is 0 Å². The van der Waals surface area contributed by atoms with Crippen LogP contribution >= 0.6 is 0 Å². The van der Waals surface area contributed by atoms with Crippen molar-refractivity contribution in [2.45, 2.75) is 19.4 Å². The first kappa shape index (κ1) is 14.6. The lowest BCUT2D eigenvalue weighted by atomic mass is 10.1. The van der Waals surface area contributed by atoms with E-state index in [1.165, 1.54) is 6.08 Å². The lowest BCUT2D eigenvalue weighted by Gasteiger charge is -2.31. The summed E-state index contributed by atoms with van der Waals surface area (Å²) in [4.78, 5) is 15.4. The molecule has 1 aliphatic heterocycles. The molecule has 1 atom stereocenters. The molecule has 4 nitrogen and oxygen atoms in total. The van der Waals surface area contributed by atoms with Gasteiger partial charge < -0.3 is 14.9 Å². The van der Waals surface area contributed by atoms with Gasteiger partial charge in [-0.05, 0) is 44.6 Å². The molecule has 1 aliphatic rings. The average molecular weight is 274 g/mol. The van der Waals surface area contributed by atoms with E-state index < -0.39 is 5.97 Å². The monoisotopic (exact) mass is 274 g/mol. The molecule has 1 unspecified atom stereocenters. The zero-order valence-electron chi connectivity index (χ0n) is 12.1. The lowest BCUT2D eigenvalue weighted by Crippen LogP contribution is -2.38. The maximum Gasteiger partial charge on any atom is 0.328 e. The molecule has 1 aromatic carbocycles. The summed E-state index contributed by atoms with van der Waals surface area (Å²) in [5.74, 6) is -0.913. The average Bonchev–Trinajstić information content (AvgIpc) is 2.57. The molecule has 0 aliphatic carbocycles. The molecule has 0 spiro atoms. The highest BCUT2D eigenvalue weighted by Crippen LogP contribution is 2.25. The zero-order valence-corrected chi connectivity index (χ0v) is 12.1. The number of para-hydroxylation sites is 1. The van der Waals surface area contributed by atoms with Gasteiger partial charge in [0.2, 0.25) is 0 Å². The van der Waals surface area contributed by atoms with E-state index in [0.29, 0.717) is 6.04 Å². The van der Waals surface area contributed by atoms with Crippen molar-refractivity contribution >= 4 is 17.7 Å². The molecule has 1 aromatic rings. The van der Waals surface area contributed by atoms with Crippen LogP contribution in [0.5, 0.6) is 0 Å². The van der Waals surface area contributed by atoms with Crippen LogP contribution in [0.25, 0.3) is 6.08 Å². The number of carboxylic acids is 1. The van der Waals surface area contributed by atoms with Gasteiger partial charge in [0.15, 0.2) is 0 Å². The van der Waals surface area contributed by atoms with E-state index in [-0.39, 0.29) is 0 Å². The number of benzene rings is 1. The maximum absolute atomic E-state index is 10.7. The van der Waals surface area contributed by atoms with Crippen LogP contribution in [0, 0.1) is 0 Å². The third kappa shape index (κ3) is 3.61. The highest BCUT2D eigenvalue weighted by molar-refractivity contribution is 5.87. The first-order valence-electron chi connectivity index (χ1n) is 7.03. The van der Waals surface area contributed by atoms with Crippen LogP contribution in [0.3, 0.4) is 0 Å². The Hall–Kier alpha value is -1.81. The molecule has 108 valence electrons. The summed E-state index contributed by atoms with van der Waals surface area (Å²) in [7, 11) is 2.15. The Balaban J connectivity index is 2.29. The van der Waals surface area contributed by atoms with Gasteiger partial charge in [-0.25, -0.2) is 4.79 Å². The Morgan fingerprint density at radius 3 is 2.85 bits per heavy atom. The van der Waals surface area contributed by atoms with E-state index in [0.717, 1.165) is 37.3 Å². The summed E-state index contributed by atoms with van der Waals surface area (Å²) >= 11 is 0. The lowest BCUT2D eigenvalue weighted by molar-refractivity contribution is -0.131. The van der Waals surface area contributed by atoms with Gasteiger partial charge in [-0.15, -0.1) is 0 Å². The Morgan fingerprint density at radius 1 is 1.35 bits per heavy atom. The van der Waals surface area contributed by atoms with Gasteiger partial charge in [0, 0.05) is 30.9 Å². The van der Waals surface area contributed by atoms with Gasteiger partial charge in [-0.1, -0.05) is 18.2 Å². The highest BCUT2D eigenvalue weighted by atomic mass is 16.4. The van der Waals surface area contributed by atoms with Crippen molar-refractivity contribution in [3.8, 4) is 0 Å². The van der Waals surface area contributed by atoms with Crippen molar-refractivity contribution < 1.29 is 9.90 Å². The van der Waals surface area contributed by atoms with Crippen molar-refractivity contribution in [1.29, 1.82) is 0 Å². The predicted molar refractivity (Wildman–Crippen MR) is 82.0 cm³/mol. The van der Waals surface area contributed by atoms with Gasteiger partial charge in [0.25, 0.3) is 0 Å². The summed E-state index contributed by atoms with van der Waals surface area (Å²) in [5.41, 5.74) is 2.08. The smallest absolute Gasteiger partial charge is 0.328 e. The fourth-order valence-electron chi connectivity index (χ4n) is 2.78. The number of carboxylic acid groups (broad SMARTS) is 1. The highest BCUT2D eigenvalue weighted by Gasteiger charge is 2.21. The zero-order chi connectivity index (χ0) is 14.5. The molecule has 0 radical (unpaired) electrons. The summed E-state index contributed by atoms with van der Waals surface area (Å²) in [6.45, 7) is 5.36. The number of likely N-dealkylation sites (N-methyl/N-ethyl adjacent to an activating group) is 1. The van der Waals surface area contributed by atoms with Crippen molar-refractivity contribution in [3.05, 3.63) is 35.9 Å². The third-order valence-corrected chi connectivity index (χ3v) is 3.70. The summed E-state index contributed by atoms with van der Waals surface area (Å²) < 4.78 is 0. The fourth-order valence-corrected chi connectivity index (χ4v) is 2.78. The molecule has 1 saturated heterocycles. The van der Waals surface area contributed by atoms with Gasteiger partial charge in [0.05, 0.1) is 0 Å².